The van der Waals surface area contributed by atoms with Crippen LogP contribution in [0.5, 0.6) is 0 Å². The first-order valence-electron chi connectivity index (χ1n) is 7.13. The molecule has 2 saturated heterocycles. The summed E-state index contributed by atoms with van der Waals surface area (Å²) in [4.78, 5) is 13.3. The fourth-order valence-electron chi connectivity index (χ4n) is 3.64. The maximum atomic E-state index is 14.0. The number of carboxylic acids is 1. The van der Waals surface area contributed by atoms with Crippen molar-refractivity contribution in [2.24, 2.45) is 0 Å². The molecule has 0 aromatic heterocycles. The van der Waals surface area contributed by atoms with E-state index in [4.69, 9.17) is 0 Å². The molecule has 1 saturated carbocycles. The predicted octanol–water partition coefficient (Wildman–Crippen LogP) is 2.99. The molecule has 2 aliphatic heterocycles. The van der Waals surface area contributed by atoms with Crippen molar-refractivity contribution in [2.45, 2.75) is 76.0 Å². The molecule has 18 heavy (non-hydrogen) atoms. The summed E-state index contributed by atoms with van der Waals surface area (Å²) in [7, 11) is 0. The Bertz CT molecular complexity index is 326. The highest BCUT2D eigenvalue weighted by Crippen LogP contribution is 2.56. The molecule has 3 rings (SSSR count). The smallest absolute Gasteiger partial charge is 0.324 e. The molecule has 104 valence electrons. The Morgan fingerprint density at radius 2 is 2.06 bits per heavy atom. The van der Waals surface area contributed by atoms with E-state index in [-0.39, 0.29) is 18.9 Å². The Labute approximate surface area is 108 Å². The van der Waals surface area contributed by atoms with E-state index in [1.807, 2.05) is 11.8 Å². The number of fused-ring (bicyclic) bond motifs is 1. The summed E-state index contributed by atoms with van der Waals surface area (Å²) in [5.41, 5.74) is -2.12. The lowest BCUT2D eigenvalue weighted by Gasteiger charge is -2.42. The van der Waals surface area contributed by atoms with E-state index in [0.717, 1.165) is 12.8 Å². The van der Waals surface area contributed by atoms with Crippen molar-refractivity contribution in [1.82, 2.24) is 4.90 Å². The van der Waals surface area contributed by atoms with Gasteiger partial charge in [0.15, 0.2) is 0 Å². The third-order valence-electron chi connectivity index (χ3n) is 4.63. The predicted molar refractivity (Wildman–Crippen MR) is 68.4 cm³/mol. The summed E-state index contributed by atoms with van der Waals surface area (Å²) in [5, 5.41) is 9.35. The van der Waals surface area contributed by atoms with Crippen LogP contribution in [0.3, 0.4) is 0 Å². The average molecular weight is 257 g/mol. The standard InChI is InChI=1S/C14H24FNO2/c1-3-4-5-6-7-11(2)16-10-13(15)8-14(16,9-13)12(17)18/h11H,3-10H2,1-2H3,(H,17,18). The van der Waals surface area contributed by atoms with E-state index in [0.29, 0.717) is 6.54 Å². The molecule has 2 bridgehead atoms. The zero-order valence-corrected chi connectivity index (χ0v) is 11.4. The molecular weight excluding hydrogens is 233 g/mol. The lowest BCUT2D eigenvalue weighted by atomic mass is 9.71. The second kappa shape index (κ2) is 4.80. The first-order chi connectivity index (χ1) is 8.43. The molecule has 3 fully saturated rings. The number of nitrogens with zero attached hydrogens (tertiary/aromatic N) is 1. The molecule has 1 atom stereocenters. The molecule has 3 nitrogen and oxygen atoms in total. The molecular formula is C14H24FNO2. The molecule has 0 aromatic rings. The Morgan fingerprint density at radius 1 is 1.39 bits per heavy atom. The molecule has 3 aliphatic rings. The van der Waals surface area contributed by atoms with Gasteiger partial charge < -0.3 is 5.11 Å². The van der Waals surface area contributed by atoms with E-state index >= 15 is 0 Å². The zero-order valence-electron chi connectivity index (χ0n) is 11.4. The molecule has 4 heteroatoms. The van der Waals surface area contributed by atoms with Crippen molar-refractivity contribution >= 4 is 5.97 Å². The van der Waals surface area contributed by atoms with Gasteiger partial charge in [0.25, 0.3) is 0 Å². The van der Waals surface area contributed by atoms with Gasteiger partial charge in [-0.3, -0.25) is 9.69 Å². The van der Waals surface area contributed by atoms with E-state index in [9.17, 15) is 14.3 Å². The molecule has 1 unspecified atom stereocenters. The van der Waals surface area contributed by atoms with Crippen LogP contribution in [0.2, 0.25) is 0 Å². The van der Waals surface area contributed by atoms with Gasteiger partial charge in [0.2, 0.25) is 0 Å². The lowest BCUT2D eigenvalue weighted by molar-refractivity contribution is -0.156. The third-order valence-corrected chi connectivity index (χ3v) is 4.63. The topological polar surface area (TPSA) is 40.5 Å². The Balaban J connectivity index is 1.90. The van der Waals surface area contributed by atoms with Gasteiger partial charge in [-0.05, 0) is 13.3 Å². The van der Waals surface area contributed by atoms with Crippen LogP contribution in [0.4, 0.5) is 4.39 Å². The minimum absolute atomic E-state index is 0.179. The van der Waals surface area contributed by atoms with Gasteiger partial charge in [-0.2, -0.15) is 0 Å². The van der Waals surface area contributed by atoms with Crippen molar-refractivity contribution in [1.29, 1.82) is 0 Å². The highest BCUT2D eigenvalue weighted by molar-refractivity contribution is 5.82. The van der Waals surface area contributed by atoms with Crippen molar-refractivity contribution in [3.8, 4) is 0 Å². The quantitative estimate of drug-likeness (QED) is 0.713. The van der Waals surface area contributed by atoms with Crippen LogP contribution in [-0.4, -0.2) is 39.8 Å². The van der Waals surface area contributed by atoms with Crippen LogP contribution < -0.4 is 0 Å². The van der Waals surface area contributed by atoms with Crippen molar-refractivity contribution in [3.63, 3.8) is 0 Å². The second-order valence-electron chi connectivity index (χ2n) is 6.17. The fraction of sp³-hybridized carbons (Fsp3) is 0.929. The van der Waals surface area contributed by atoms with Crippen molar-refractivity contribution in [3.05, 3.63) is 0 Å². The van der Waals surface area contributed by atoms with Crippen LogP contribution >= 0.6 is 0 Å². The van der Waals surface area contributed by atoms with E-state index in [1.54, 1.807) is 0 Å². The van der Waals surface area contributed by atoms with E-state index < -0.39 is 17.2 Å². The maximum Gasteiger partial charge on any atom is 0.324 e. The number of unbranched alkanes of at least 4 members (excludes halogenated alkanes) is 3. The molecule has 1 aliphatic carbocycles. The van der Waals surface area contributed by atoms with Crippen molar-refractivity contribution < 1.29 is 14.3 Å². The molecule has 0 aromatic carbocycles. The van der Waals surface area contributed by atoms with E-state index in [1.165, 1.54) is 19.3 Å². The van der Waals surface area contributed by atoms with Crippen LogP contribution in [0.15, 0.2) is 0 Å². The molecule has 1 N–H and O–H groups in total. The maximum absolute atomic E-state index is 14.0. The Hall–Kier alpha value is -0.640. The van der Waals surface area contributed by atoms with Crippen LogP contribution in [0, 0.1) is 0 Å². The lowest BCUT2D eigenvalue weighted by Crippen LogP contribution is -2.58. The van der Waals surface area contributed by atoms with Crippen LogP contribution in [0.25, 0.3) is 0 Å². The molecule has 2 heterocycles. The monoisotopic (exact) mass is 257 g/mol. The number of alkyl halides is 1. The minimum Gasteiger partial charge on any atom is -0.480 e. The summed E-state index contributed by atoms with van der Waals surface area (Å²) < 4.78 is 14.0. The Kier molecular flexibility index (Phi) is 3.67. The Morgan fingerprint density at radius 3 is 2.61 bits per heavy atom. The zero-order chi connectivity index (χ0) is 13.4. The SMILES string of the molecule is CCCCCCC(C)N1CC2(F)CC1(C(=O)O)C2. The minimum atomic E-state index is -1.23. The second-order valence-corrected chi connectivity index (χ2v) is 6.17. The normalized spacial score (nSPS) is 36.4. The van der Waals surface area contributed by atoms with Gasteiger partial charge in [-0.15, -0.1) is 0 Å². The first-order valence-corrected chi connectivity index (χ1v) is 7.13. The number of hydrogen-bond acceptors (Lipinski definition) is 2. The van der Waals surface area contributed by atoms with Crippen LogP contribution in [-0.2, 0) is 4.79 Å². The van der Waals surface area contributed by atoms with Gasteiger partial charge in [0, 0.05) is 25.4 Å². The van der Waals surface area contributed by atoms with Gasteiger partial charge in [0.05, 0.1) is 0 Å². The van der Waals surface area contributed by atoms with Crippen LogP contribution in [0.1, 0.15) is 58.8 Å². The van der Waals surface area contributed by atoms with Gasteiger partial charge >= 0.3 is 5.97 Å². The highest BCUT2D eigenvalue weighted by Gasteiger charge is 2.71. The average Bonchev–Trinajstić information content (AvgIpc) is 2.73. The van der Waals surface area contributed by atoms with Gasteiger partial charge in [-0.1, -0.05) is 32.6 Å². The number of carbonyl (C=O) groups is 1. The number of rotatable bonds is 7. The summed E-state index contributed by atoms with van der Waals surface area (Å²) in [5.74, 6) is -0.839. The third kappa shape index (κ3) is 2.15. The van der Waals surface area contributed by atoms with Crippen molar-refractivity contribution in [2.75, 3.05) is 6.54 Å². The van der Waals surface area contributed by atoms with Gasteiger partial charge in [-0.25, -0.2) is 4.39 Å². The number of hydrogen-bond donors (Lipinski definition) is 1. The van der Waals surface area contributed by atoms with Gasteiger partial charge in [0.1, 0.15) is 11.2 Å². The highest BCUT2D eigenvalue weighted by atomic mass is 19.1. The number of halogens is 1. The molecule has 0 spiro atoms. The first kappa shape index (κ1) is 13.8. The number of carboxylic acid groups (broad SMARTS) is 1. The summed E-state index contributed by atoms with van der Waals surface area (Å²) in [6.07, 6.45) is 6.08. The largest absolute Gasteiger partial charge is 0.480 e. The fourth-order valence-corrected chi connectivity index (χ4v) is 3.64. The summed E-state index contributed by atoms with van der Waals surface area (Å²) in [6.45, 7) is 4.53. The number of aliphatic carboxylic acids is 1. The molecule has 0 radical (unpaired) electrons. The van der Waals surface area contributed by atoms with E-state index in [2.05, 4.69) is 6.92 Å². The summed E-state index contributed by atoms with van der Waals surface area (Å²) >= 11 is 0. The summed E-state index contributed by atoms with van der Waals surface area (Å²) in [6, 6.07) is 0.179. The molecule has 0 amide bonds.